The minimum absolute atomic E-state index is 0.0530. The monoisotopic (exact) mass is 387 g/mol. The van der Waals surface area contributed by atoms with Gasteiger partial charge in [-0.15, -0.1) is 0 Å². The maximum absolute atomic E-state index is 15.2. The minimum Gasteiger partial charge on any atom is -0.347 e. The van der Waals surface area contributed by atoms with Gasteiger partial charge in [0.15, 0.2) is 6.29 Å². The molecule has 0 radical (unpaired) electrons. The highest BCUT2D eigenvalue weighted by Crippen LogP contribution is 2.52. The standard InChI is InChI=1S/C20H22FN3O2S/c1-13-7-9-15(10-8-13)27-12-16(23-24-22)18(21)19-17(27)11-25-20(26-19)14-5-3-2-4-6-14/h2-10,16-20,27H,11-12H2,1H3/t16-,17+,18+,19-,20?/m0/s1. The van der Waals surface area contributed by atoms with Gasteiger partial charge in [-0.1, -0.05) is 65.3 Å². The zero-order valence-electron chi connectivity index (χ0n) is 15.0. The van der Waals surface area contributed by atoms with E-state index in [0.717, 1.165) is 5.56 Å². The van der Waals surface area contributed by atoms with Gasteiger partial charge in [0.05, 0.1) is 12.6 Å². The van der Waals surface area contributed by atoms with Crippen LogP contribution in [0.1, 0.15) is 17.4 Å². The summed E-state index contributed by atoms with van der Waals surface area (Å²) in [6.45, 7) is 2.48. The van der Waals surface area contributed by atoms with Crippen LogP contribution >= 0.6 is 10.9 Å². The summed E-state index contributed by atoms with van der Waals surface area (Å²) >= 11 is 0. The van der Waals surface area contributed by atoms with Crippen molar-refractivity contribution in [2.24, 2.45) is 5.11 Å². The number of fused-ring (bicyclic) bond motifs is 1. The zero-order valence-corrected chi connectivity index (χ0v) is 15.9. The lowest BCUT2D eigenvalue weighted by Gasteiger charge is -2.49. The van der Waals surface area contributed by atoms with E-state index in [1.54, 1.807) is 0 Å². The second-order valence-corrected chi connectivity index (χ2v) is 9.43. The van der Waals surface area contributed by atoms with Crippen LogP contribution in [0.3, 0.4) is 0 Å². The molecule has 0 saturated carbocycles. The van der Waals surface area contributed by atoms with Crippen molar-refractivity contribution in [1.82, 2.24) is 0 Å². The van der Waals surface area contributed by atoms with E-state index in [-0.39, 0.29) is 5.25 Å². The van der Waals surface area contributed by atoms with Crippen molar-refractivity contribution in [2.75, 3.05) is 12.4 Å². The van der Waals surface area contributed by atoms with Gasteiger partial charge in [0.25, 0.3) is 0 Å². The van der Waals surface area contributed by atoms with Gasteiger partial charge in [-0.3, -0.25) is 0 Å². The Morgan fingerprint density at radius 3 is 2.59 bits per heavy atom. The Morgan fingerprint density at radius 2 is 1.89 bits per heavy atom. The molecule has 2 aliphatic rings. The molecule has 2 aromatic carbocycles. The Labute approximate surface area is 160 Å². The summed E-state index contributed by atoms with van der Waals surface area (Å²) in [6.07, 6.45) is -2.56. The fraction of sp³-hybridized carbons (Fsp3) is 0.400. The predicted octanol–water partition coefficient (Wildman–Crippen LogP) is 4.87. The number of azide groups is 1. The highest BCUT2D eigenvalue weighted by molar-refractivity contribution is 8.17. The number of alkyl halides is 1. The third-order valence-corrected chi connectivity index (χ3v) is 8.15. The molecule has 2 saturated heterocycles. The molecule has 2 fully saturated rings. The van der Waals surface area contributed by atoms with E-state index in [9.17, 15) is 0 Å². The molecule has 7 heteroatoms. The van der Waals surface area contributed by atoms with E-state index in [1.165, 1.54) is 10.5 Å². The van der Waals surface area contributed by atoms with E-state index >= 15 is 4.39 Å². The first-order chi connectivity index (χ1) is 13.2. The molecular formula is C20H22FN3O2S. The first-order valence-corrected chi connectivity index (χ1v) is 10.6. The van der Waals surface area contributed by atoms with Gasteiger partial charge in [0, 0.05) is 15.7 Å². The smallest absolute Gasteiger partial charge is 0.184 e. The van der Waals surface area contributed by atoms with Crippen molar-refractivity contribution in [3.63, 3.8) is 0 Å². The van der Waals surface area contributed by atoms with Crippen molar-refractivity contribution < 1.29 is 13.9 Å². The van der Waals surface area contributed by atoms with Gasteiger partial charge < -0.3 is 9.47 Å². The number of hydrogen-bond acceptors (Lipinski definition) is 3. The van der Waals surface area contributed by atoms with Crippen LogP contribution in [0.15, 0.2) is 64.6 Å². The normalized spacial score (nSPS) is 34.3. The quantitative estimate of drug-likeness (QED) is 0.353. The lowest BCUT2D eigenvalue weighted by Crippen LogP contribution is -2.54. The van der Waals surface area contributed by atoms with E-state index in [4.69, 9.17) is 15.0 Å². The summed E-state index contributed by atoms with van der Waals surface area (Å²) < 4.78 is 27.2. The second kappa shape index (κ2) is 7.90. The largest absolute Gasteiger partial charge is 0.347 e. The number of thiol groups is 1. The summed E-state index contributed by atoms with van der Waals surface area (Å²) in [5, 5.41) is 3.69. The molecule has 0 aliphatic carbocycles. The average Bonchev–Trinajstić information content (AvgIpc) is 2.71. The molecule has 5 nitrogen and oxygen atoms in total. The van der Waals surface area contributed by atoms with E-state index < -0.39 is 35.5 Å². The number of halogens is 1. The molecule has 0 spiro atoms. The Morgan fingerprint density at radius 1 is 1.15 bits per heavy atom. The van der Waals surface area contributed by atoms with Crippen molar-refractivity contribution in [1.29, 1.82) is 0 Å². The number of hydrogen-bond donors (Lipinski definition) is 1. The third kappa shape index (κ3) is 3.69. The third-order valence-electron chi connectivity index (χ3n) is 5.18. The number of benzene rings is 2. The average molecular weight is 387 g/mol. The van der Waals surface area contributed by atoms with E-state index in [0.29, 0.717) is 12.4 Å². The van der Waals surface area contributed by atoms with Gasteiger partial charge in [0.1, 0.15) is 12.3 Å². The van der Waals surface area contributed by atoms with Gasteiger partial charge in [0.2, 0.25) is 0 Å². The van der Waals surface area contributed by atoms with Crippen molar-refractivity contribution in [3.05, 3.63) is 76.2 Å². The molecule has 0 amide bonds. The summed E-state index contributed by atoms with van der Waals surface area (Å²) in [7, 11) is -0.757. The van der Waals surface area contributed by atoms with Crippen LogP contribution in [-0.4, -0.2) is 35.9 Å². The minimum atomic E-state index is -1.33. The molecule has 6 atom stereocenters. The first-order valence-electron chi connectivity index (χ1n) is 9.01. The second-order valence-electron chi connectivity index (χ2n) is 6.95. The Bertz CT molecular complexity index is 829. The van der Waals surface area contributed by atoms with Crippen LogP contribution in [0.25, 0.3) is 10.4 Å². The molecular weight excluding hydrogens is 365 g/mol. The summed E-state index contributed by atoms with van der Waals surface area (Å²) in [4.78, 5) is 4.04. The topological polar surface area (TPSA) is 67.2 Å². The number of nitrogens with zero attached hydrogens (tertiary/aromatic N) is 3. The maximum atomic E-state index is 15.2. The summed E-state index contributed by atoms with van der Waals surface area (Å²) in [6, 6.07) is 17.2. The molecule has 4 rings (SSSR count). The van der Waals surface area contributed by atoms with Gasteiger partial charge in [-0.2, -0.15) is 0 Å². The lowest BCUT2D eigenvalue weighted by atomic mass is 10.0. The molecule has 2 unspecified atom stereocenters. The molecule has 2 heterocycles. The fourth-order valence-corrected chi connectivity index (χ4v) is 6.68. The molecule has 2 aromatic rings. The summed E-state index contributed by atoms with van der Waals surface area (Å²) in [5.41, 5.74) is 10.9. The molecule has 27 heavy (non-hydrogen) atoms. The predicted molar refractivity (Wildman–Crippen MR) is 105 cm³/mol. The van der Waals surface area contributed by atoms with Crippen LogP contribution in [0, 0.1) is 6.92 Å². The molecule has 0 bridgehead atoms. The summed E-state index contributed by atoms with van der Waals surface area (Å²) in [5.74, 6) is 0.521. The lowest BCUT2D eigenvalue weighted by molar-refractivity contribution is -0.229. The van der Waals surface area contributed by atoms with Crippen LogP contribution in [-0.2, 0) is 9.47 Å². The Kier molecular flexibility index (Phi) is 5.36. The first kappa shape index (κ1) is 18.3. The molecule has 2 aliphatic heterocycles. The highest BCUT2D eigenvalue weighted by Gasteiger charge is 2.48. The van der Waals surface area contributed by atoms with Crippen LogP contribution in [0.4, 0.5) is 4.39 Å². The van der Waals surface area contributed by atoms with Crippen molar-refractivity contribution >= 4 is 10.9 Å². The zero-order chi connectivity index (χ0) is 18.8. The molecule has 142 valence electrons. The maximum Gasteiger partial charge on any atom is 0.184 e. The Hall–Kier alpha value is -2.05. The van der Waals surface area contributed by atoms with Gasteiger partial charge >= 0.3 is 0 Å². The van der Waals surface area contributed by atoms with Gasteiger partial charge in [-0.25, -0.2) is 15.3 Å². The van der Waals surface area contributed by atoms with Crippen LogP contribution < -0.4 is 0 Å². The van der Waals surface area contributed by atoms with E-state index in [1.807, 2.05) is 37.3 Å². The van der Waals surface area contributed by atoms with Gasteiger partial charge in [-0.05, 0) is 23.1 Å². The van der Waals surface area contributed by atoms with Crippen molar-refractivity contribution in [2.45, 2.75) is 41.7 Å². The number of ether oxygens (including phenoxy) is 2. The molecule has 0 N–H and O–H groups in total. The van der Waals surface area contributed by atoms with E-state index in [2.05, 4.69) is 34.3 Å². The van der Waals surface area contributed by atoms with Crippen LogP contribution in [0.2, 0.25) is 0 Å². The molecule has 0 aromatic heterocycles. The SMILES string of the molecule is Cc1ccc([SH]2C[C@H](N=[N+]=[N-])[C@@H](F)[C@H]3OC(c4ccccc4)OC[C@H]32)cc1. The highest BCUT2D eigenvalue weighted by atomic mass is 32.2. The van der Waals surface area contributed by atoms with Crippen LogP contribution in [0.5, 0.6) is 0 Å². The fourth-order valence-electron chi connectivity index (χ4n) is 3.75. The van der Waals surface area contributed by atoms with Crippen molar-refractivity contribution in [3.8, 4) is 0 Å². The number of rotatable bonds is 3. The Balaban J connectivity index is 1.64. The number of aryl methyl sites for hydroxylation is 1.